The molecule has 2 unspecified atom stereocenters. The number of nitrogens with zero attached hydrogens (tertiary/aromatic N) is 1. The van der Waals surface area contributed by atoms with Crippen LogP contribution in [0.1, 0.15) is 48.7 Å². The summed E-state index contributed by atoms with van der Waals surface area (Å²) in [6.45, 7) is 4.19. The smallest absolute Gasteiger partial charge is 0.293 e. The Balaban J connectivity index is 1.88. The maximum absolute atomic E-state index is 13.2. The van der Waals surface area contributed by atoms with Crippen LogP contribution < -0.4 is 10.9 Å². The number of benzene rings is 1. The topological polar surface area (TPSA) is 80.6 Å². The van der Waals surface area contributed by atoms with Crippen molar-refractivity contribution in [1.82, 2.24) is 4.57 Å². The summed E-state index contributed by atoms with van der Waals surface area (Å²) in [5.41, 5.74) is 3.47. The maximum atomic E-state index is 13.2. The lowest BCUT2D eigenvalue weighted by Crippen LogP contribution is -2.32. The fraction of sp³-hybridized carbons (Fsp3) is 0.333. The van der Waals surface area contributed by atoms with Crippen molar-refractivity contribution in [3.63, 3.8) is 0 Å². The largest absolute Gasteiger partial charge is 0.463 e. The van der Waals surface area contributed by atoms with Gasteiger partial charge in [-0.2, -0.15) is 0 Å². The van der Waals surface area contributed by atoms with Crippen molar-refractivity contribution in [2.24, 2.45) is 0 Å². The number of fused-ring (bicyclic) bond motifs is 4. The average Bonchev–Trinajstić information content (AvgIpc) is 3.03. The van der Waals surface area contributed by atoms with Crippen LogP contribution >= 0.6 is 0 Å². The van der Waals surface area contributed by atoms with Crippen molar-refractivity contribution in [3.05, 3.63) is 68.6 Å². The second kappa shape index (κ2) is 6.39. The third-order valence-corrected chi connectivity index (χ3v) is 5.61. The van der Waals surface area contributed by atoms with Gasteiger partial charge < -0.3 is 19.7 Å². The third kappa shape index (κ3) is 2.77. The number of hydrogen-bond acceptors (Lipinski definition) is 5. The van der Waals surface area contributed by atoms with Crippen molar-refractivity contribution in [1.29, 1.82) is 0 Å². The van der Waals surface area contributed by atoms with E-state index in [1.54, 1.807) is 11.5 Å². The van der Waals surface area contributed by atoms with E-state index in [-0.39, 0.29) is 18.2 Å². The second-order valence-corrected chi connectivity index (χ2v) is 7.27. The molecule has 0 fully saturated rings. The fourth-order valence-electron chi connectivity index (χ4n) is 3.91. The van der Waals surface area contributed by atoms with Crippen LogP contribution in [0, 0.1) is 0 Å². The molecule has 6 nitrogen and oxygen atoms in total. The minimum Gasteiger partial charge on any atom is -0.463 e. The van der Waals surface area contributed by atoms with Gasteiger partial charge in [-0.05, 0) is 48.3 Å². The van der Waals surface area contributed by atoms with Gasteiger partial charge in [-0.3, -0.25) is 9.59 Å². The average molecular weight is 366 g/mol. The molecule has 0 radical (unpaired) electrons. The number of carbonyl (C=O) groups is 1. The molecule has 0 saturated heterocycles. The summed E-state index contributed by atoms with van der Waals surface area (Å²) in [4.78, 5) is 23.8. The number of para-hydroxylation sites is 1. The van der Waals surface area contributed by atoms with E-state index in [1.807, 2.05) is 37.3 Å². The van der Waals surface area contributed by atoms with Crippen LogP contribution in [-0.2, 0) is 28.3 Å². The standard InChI is InChI=1S/C21H22N2O4/c1-3-21(2,26)16-9-18-19-14(8-13-6-4-5-7-17(13)22-19)10-23(18)20(25)15(16)11-27-12-24/h4-9,12,19,22,26H,3,10-11H2,1-2H3. The van der Waals surface area contributed by atoms with Crippen molar-refractivity contribution in [2.75, 3.05) is 5.32 Å². The Morgan fingerprint density at radius 2 is 2.19 bits per heavy atom. The van der Waals surface area contributed by atoms with E-state index >= 15 is 0 Å². The lowest BCUT2D eigenvalue weighted by Gasteiger charge is -2.27. The first-order valence-electron chi connectivity index (χ1n) is 9.07. The highest BCUT2D eigenvalue weighted by Crippen LogP contribution is 2.41. The molecular formula is C21H22N2O4. The van der Waals surface area contributed by atoms with Gasteiger partial charge in [0.1, 0.15) is 6.61 Å². The number of hydrogen-bond donors (Lipinski definition) is 2. The number of aromatic nitrogens is 1. The summed E-state index contributed by atoms with van der Waals surface area (Å²) in [5.74, 6) is 0. The molecule has 1 aromatic heterocycles. The van der Waals surface area contributed by atoms with Crippen molar-refractivity contribution < 1.29 is 14.6 Å². The molecule has 27 heavy (non-hydrogen) atoms. The lowest BCUT2D eigenvalue weighted by atomic mass is 9.88. The van der Waals surface area contributed by atoms with Gasteiger partial charge in [-0.1, -0.05) is 25.1 Å². The predicted octanol–water partition coefficient (Wildman–Crippen LogP) is 2.70. The maximum Gasteiger partial charge on any atom is 0.293 e. The zero-order chi connectivity index (χ0) is 19.2. The van der Waals surface area contributed by atoms with Crippen molar-refractivity contribution in [2.45, 2.75) is 45.1 Å². The van der Waals surface area contributed by atoms with Gasteiger partial charge in [-0.15, -0.1) is 0 Å². The Labute approximate surface area is 157 Å². The summed E-state index contributed by atoms with van der Waals surface area (Å²) in [6.07, 6.45) is 2.55. The molecule has 2 atom stereocenters. The van der Waals surface area contributed by atoms with Gasteiger partial charge in [0, 0.05) is 17.9 Å². The van der Waals surface area contributed by atoms with Crippen LogP contribution in [-0.4, -0.2) is 16.1 Å². The normalized spacial score (nSPS) is 19.1. The minimum atomic E-state index is -1.19. The van der Waals surface area contributed by atoms with E-state index in [4.69, 9.17) is 4.74 Å². The lowest BCUT2D eigenvalue weighted by molar-refractivity contribution is -0.129. The Morgan fingerprint density at radius 1 is 1.41 bits per heavy atom. The molecule has 0 saturated carbocycles. The monoisotopic (exact) mass is 366 g/mol. The van der Waals surface area contributed by atoms with Gasteiger partial charge in [0.05, 0.1) is 17.2 Å². The highest BCUT2D eigenvalue weighted by molar-refractivity contribution is 5.74. The molecule has 2 aliphatic heterocycles. The third-order valence-electron chi connectivity index (χ3n) is 5.61. The zero-order valence-electron chi connectivity index (χ0n) is 15.4. The number of anilines is 1. The number of pyridine rings is 1. The molecule has 2 aromatic rings. The first-order valence-corrected chi connectivity index (χ1v) is 9.07. The van der Waals surface area contributed by atoms with Crippen LogP contribution in [0.2, 0.25) is 0 Å². The van der Waals surface area contributed by atoms with E-state index < -0.39 is 5.60 Å². The van der Waals surface area contributed by atoms with Gasteiger partial charge in [0.25, 0.3) is 12.0 Å². The summed E-state index contributed by atoms with van der Waals surface area (Å²) >= 11 is 0. The second-order valence-electron chi connectivity index (χ2n) is 7.27. The molecule has 0 bridgehead atoms. The Hall–Kier alpha value is -2.86. The van der Waals surface area contributed by atoms with E-state index in [1.165, 1.54) is 0 Å². The molecule has 0 spiro atoms. The summed E-state index contributed by atoms with van der Waals surface area (Å²) in [7, 11) is 0. The molecule has 2 N–H and O–H groups in total. The molecule has 0 aliphatic carbocycles. The number of ether oxygens (including phenoxy) is 1. The quantitative estimate of drug-likeness (QED) is 0.796. The Kier molecular flexibility index (Phi) is 4.15. The van der Waals surface area contributed by atoms with E-state index in [0.29, 0.717) is 30.6 Å². The van der Waals surface area contributed by atoms with Gasteiger partial charge in [0.2, 0.25) is 0 Å². The molecule has 0 amide bonds. The highest BCUT2D eigenvalue weighted by Gasteiger charge is 2.36. The van der Waals surface area contributed by atoms with E-state index in [9.17, 15) is 14.7 Å². The molecule has 1 aromatic carbocycles. The van der Waals surface area contributed by atoms with Gasteiger partial charge >= 0.3 is 0 Å². The number of rotatable bonds is 5. The summed E-state index contributed by atoms with van der Waals surface area (Å²) < 4.78 is 6.58. The van der Waals surface area contributed by atoms with Crippen LogP contribution in [0.5, 0.6) is 0 Å². The highest BCUT2D eigenvalue weighted by atomic mass is 16.5. The molecule has 140 valence electrons. The molecule has 6 heteroatoms. The molecular weight excluding hydrogens is 344 g/mol. The number of aliphatic hydroxyl groups is 1. The fourth-order valence-corrected chi connectivity index (χ4v) is 3.91. The van der Waals surface area contributed by atoms with Crippen LogP contribution in [0.15, 0.2) is 40.7 Å². The van der Waals surface area contributed by atoms with Crippen LogP contribution in [0.4, 0.5) is 5.69 Å². The first-order chi connectivity index (χ1) is 13.0. The molecule has 2 aliphatic rings. The van der Waals surface area contributed by atoms with Gasteiger partial charge in [-0.25, -0.2) is 0 Å². The number of carbonyl (C=O) groups excluding carboxylic acids is 1. The van der Waals surface area contributed by atoms with E-state index in [2.05, 4.69) is 11.4 Å². The van der Waals surface area contributed by atoms with Crippen molar-refractivity contribution in [3.8, 4) is 0 Å². The van der Waals surface area contributed by atoms with E-state index in [0.717, 1.165) is 22.5 Å². The Bertz CT molecular complexity index is 1000. The summed E-state index contributed by atoms with van der Waals surface area (Å²) in [6, 6.07) is 9.77. The Morgan fingerprint density at radius 3 is 2.93 bits per heavy atom. The molecule has 4 rings (SSSR count). The number of nitrogens with one attached hydrogen (secondary N) is 1. The SMILES string of the molecule is CCC(C)(O)c1cc2n(c(=O)c1COC=O)CC1=Cc3ccccc3NC12. The van der Waals surface area contributed by atoms with Crippen LogP contribution in [0.3, 0.4) is 0 Å². The summed E-state index contributed by atoms with van der Waals surface area (Å²) in [5, 5.41) is 14.4. The first kappa shape index (κ1) is 17.5. The minimum absolute atomic E-state index is 0.111. The molecule has 3 heterocycles. The predicted molar refractivity (Wildman–Crippen MR) is 102 cm³/mol. The zero-order valence-corrected chi connectivity index (χ0v) is 15.4. The van der Waals surface area contributed by atoms with Gasteiger partial charge in [0.15, 0.2) is 0 Å². The van der Waals surface area contributed by atoms with Crippen LogP contribution in [0.25, 0.3) is 6.08 Å². The van der Waals surface area contributed by atoms with Crippen molar-refractivity contribution >= 4 is 18.2 Å².